The fourth-order valence-corrected chi connectivity index (χ4v) is 1.70. The molecule has 1 atom stereocenters. The molecule has 1 fully saturated rings. The summed E-state index contributed by atoms with van der Waals surface area (Å²) >= 11 is 0. The van der Waals surface area contributed by atoms with Gasteiger partial charge in [0, 0.05) is 19.0 Å². The first kappa shape index (κ1) is 9.21. The van der Waals surface area contributed by atoms with Crippen molar-refractivity contribution in [3.05, 3.63) is 18.2 Å². The molecule has 1 aromatic rings. The van der Waals surface area contributed by atoms with Gasteiger partial charge in [-0.1, -0.05) is 0 Å². The van der Waals surface area contributed by atoms with E-state index in [1.807, 2.05) is 4.57 Å². The lowest BCUT2D eigenvalue weighted by molar-refractivity contribution is -0.119. The molecule has 2 heterocycles. The first-order valence-electron chi connectivity index (χ1n) is 4.69. The van der Waals surface area contributed by atoms with Crippen molar-refractivity contribution in [1.29, 1.82) is 0 Å². The Hall–Kier alpha value is -1.36. The van der Waals surface area contributed by atoms with Crippen molar-refractivity contribution in [2.75, 3.05) is 0 Å². The molecule has 1 amide bonds. The molecular formula is C9H13N3O2. The minimum absolute atomic E-state index is 0.0132. The zero-order chi connectivity index (χ0) is 9.97. The van der Waals surface area contributed by atoms with Crippen LogP contribution in [0.1, 0.15) is 18.5 Å². The van der Waals surface area contributed by atoms with Crippen molar-refractivity contribution in [1.82, 2.24) is 14.9 Å². The Kier molecular flexibility index (Phi) is 2.49. The predicted octanol–water partition coefficient (Wildman–Crippen LogP) is -0.346. The Morgan fingerprint density at radius 3 is 3.21 bits per heavy atom. The molecule has 0 spiro atoms. The molecule has 0 aromatic carbocycles. The van der Waals surface area contributed by atoms with Crippen LogP contribution in [0.3, 0.4) is 0 Å². The lowest BCUT2D eigenvalue weighted by atomic mass is 10.2. The van der Waals surface area contributed by atoms with Gasteiger partial charge in [-0.25, -0.2) is 4.98 Å². The monoisotopic (exact) mass is 195 g/mol. The van der Waals surface area contributed by atoms with Crippen LogP contribution in [0.2, 0.25) is 0 Å². The average Bonchev–Trinajstić information content (AvgIpc) is 2.76. The number of rotatable bonds is 3. The van der Waals surface area contributed by atoms with Gasteiger partial charge in [0.15, 0.2) is 0 Å². The number of imidazole rings is 1. The van der Waals surface area contributed by atoms with E-state index in [2.05, 4.69) is 10.3 Å². The molecule has 0 saturated carbocycles. The number of nitrogens with one attached hydrogen (secondary N) is 1. The lowest BCUT2D eigenvalue weighted by Crippen LogP contribution is -2.29. The highest BCUT2D eigenvalue weighted by molar-refractivity contribution is 5.78. The SMILES string of the molecule is O=C1CCC(Cn2cncc2CO)N1. The van der Waals surface area contributed by atoms with Gasteiger partial charge in [-0.05, 0) is 6.42 Å². The Morgan fingerprint density at radius 2 is 2.57 bits per heavy atom. The number of amides is 1. The van der Waals surface area contributed by atoms with Gasteiger partial charge in [-0.2, -0.15) is 0 Å². The third kappa shape index (κ3) is 1.77. The summed E-state index contributed by atoms with van der Waals surface area (Å²) in [7, 11) is 0. The molecular weight excluding hydrogens is 182 g/mol. The van der Waals surface area contributed by atoms with Crippen molar-refractivity contribution in [2.24, 2.45) is 0 Å². The first-order chi connectivity index (χ1) is 6.79. The number of carbonyl (C=O) groups is 1. The van der Waals surface area contributed by atoms with Gasteiger partial charge in [0.25, 0.3) is 0 Å². The van der Waals surface area contributed by atoms with Crippen LogP contribution in [0.5, 0.6) is 0 Å². The minimum atomic E-state index is -0.0132. The maximum absolute atomic E-state index is 11.0. The highest BCUT2D eigenvalue weighted by atomic mass is 16.3. The minimum Gasteiger partial charge on any atom is -0.390 e. The van der Waals surface area contributed by atoms with E-state index in [4.69, 9.17) is 5.11 Å². The van der Waals surface area contributed by atoms with Crippen molar-refractivity contribution in [3.8, 4) is 0 Å². The molecule has 2 N–H and O–H groups in total. The summed E-state index contributed by atoms with van der Waals surface area (Å²) in [6.07, 6.45) is 4.78. The maximum Gasteiger partial charge on any atom is 0.220 e. The van der Waals surface area contributed by atoms with Crippen LogP contribution in [0.25, 0.3) is 0 Å². The second-order valence-electron chi connectivity index (χ2n) is 3.50. The van der Waals surface area contributed by atoms with Crippen LogP contribution in [-0.2, 0) is 17.9 Å². The van der Waals surface area contributed by atoms with E-state index < -0.39 is 0 Å². The van der Waals surface area contributed by atoms with Gasteiger partial charge in [-0.3, -0.25) is 4.79 Å². The zero-order valence-electron chi connectivity index (χ0n) is 7.81. The van der Waals surface area contributed by atoms with E-state index in [9.17, 15) is 4.79 Å². The summed E-state index contributed by atoms with van der Waals surface area (Å²) in [6, 6.07) is 0.182. The molecule has 1 aliphatic rings. The van der Waals surface area contributed by atoms with Crippen LogP contribution in [0, 0.1) is 0 Å². The number of aliphatic hydroxyl groups is 1. The van der Waals surface area contributed by atoms with Gasteiger partial charge < -0.3 is 15.0 Å². The van der Waals surface area contributed by atoms with Crippen LogP contribution in [0.4, 0.5) is 0 Å². The van der Waals surface area contributed by atoms with Crippen molar-refractivity contribution >= 4 is 5.91 Å². The lowest BCUT2D eigenvalue weighted by Gasteiger charge is -2.12. The van der Waals surface area contributed by atoms with E-state index in [1.165, 1.54) is 0 Å². The van der Waals surface area contributed by atoms with E-state index >= 15 is 0 Å². The molecule has 1 aromatic heterocycles. The summed E-state index contributed by atoms with van der Waals surface area (Å²) in [5.41, 5.74) is 0.783. The van der Waals surface area contributed by atoms with E-state index in [-0.39, 0.29) is 18.6 Å². The molecule has 5 heteroatoms. The van der Waals surface area contributed by atoms with Crippen molar-refractivity contribution in [3.63, 3.8) is 0 Å². The molecule has 0 aliphatic carbocycles. The standard InChI is InChI=1S/C9H13N3O2/c13-5-8-3-10-6-12(8)4-7-1-2-9(14)11-7/h3,6-7,13H,1-2,4-5H2,(H,11,14). The summed E-state index contributed by atoms with van der Waals surface area (Å²) < 4.78 is 1.87. The molecule has 0 bridgehead atoms. The van der Waals surface area contributed by atoms with E-state index in [1.54, 1.807) is 12.5 Å². The molecule has 1 unspecified atom stereocenters. The van der Waals surface area contributed by atoms with Gasteiger partial charge in [0.1, 0.15) is 0 Å². The Bertz CT molecular complexity index is 335. The quantitative estimate of drug-likeness (QED) is 0.693. The number of hydrogen-bond acceptors (Lipinski definition) is 3. The van der Waals surface area contributed by atoms with Crippen LogP contribution in [-0.4, -0.2) is 26.6 Å². The summed E-state index contributed by atoms with van der Waals surface area (Å²) in [5.74, 6) is 0.112. The van der Waals surface area contributed by atoms with E-state index in [0.717, 1.165) is 12.1 Å². The van der Waals surface area contributed by atoms with Crippen LogP contribution < -0.4 is 5.32 Å². The number of aliphatic hydroxyl groups excluding tert-OH is 1. The Labute approximate surface area is 81.8 Å². The summed E-state index contributed by atoms with van der Waals surface area (Å²) in [6.45, 7) is 0.683. The largest absolute Gasteiger partial charge is 0.390 e. The highest BCUT2D eigenvalue weighted by Crippen LogP contribution is 2.10. The summed E-state index contributed by atoms with van der Waals surface area (Å²) in [5, 5.41) is 11.9. The zero-order valence-corrected chi connectivity index (χ0v) is 7.81. The fraction of sp³-hybridized carbons (Fsp3) is 0.556. The Morgan fingerprint density at radius 1 is 1.71 bits per heavy atom. The number of carbonyl (C=O) groups excluding carboxylic acids is 1. The smallest absolute Gasteiger partial charge is 0.220 e. The van der Waals surface area contributed by atoms with Crippen molar-refractivity contribution in [2.45, 2.75) is 32.0 Å². The van der Waals surface area contributed by atoms with Gasteiger partial charge in [0.2, 0.25) is 5.91 Å². The average molecular weight is 195 g/mol. The molecule has 76 valence electrons. The molecule has 1 aliphatic heterocycles. The highest BCUT2D eigenvalue weighted by Gasteiger charge is 2.21. The molecule has 2 rings (SSSR count). The fourth-order valence-electron chi connectivity index (χ4n) is 1.70. The normalized spacial score (nSPS) is 21.2. The Balaban J connectivity index is 2.00. The van der Waals surface area contributed by atoms with Crippen LogP contribution in [0.15, 0.2) is 12.5 Å². The molecule has 5 nitrogen and oxygen atoms in total. The van der Waals surface area contributed by atoms with Crippen LogP contribution >= 0.6 is 0 Å². The van der Waals surface area contributed by atoms with Crippen molar-refractivity contribution < 1.29 is 9.90 Å². The van der Waals surface area contributed by atoms with Gasteiger partial charge in [-0.15, -0.1) is 0 Å². The molecule has 14 heavy (non-hydrogen) atoms. The summed E-state index contributed by atoms with van der Waals surface area (Å²) in [4.78, 5) is 14.9. The van der Waals surface area contributed by atoms with E-state index in [0.29, 0.717) is 13.0 Å². The molecule has 0 radical (unpaired) electrons. The maximum atomic E-state index is 11.0. The number of nitrogens with zero attached hydrogens (tertiary/aromatic N) is 2. The van der Waals surface area contributed by atoms with Gasteiger partial charge in [0.05, 0.1) is 24.8 Å². The third-order valence-electron chi connectivity index (χ3n) is 2.46. The predicted molar refractivity (Wildman–Crippen MR) is 49.3 cm³/mol. The number of hydrogen-bond donors (Lipinski definition) is 2. The second-order valence-corrected chi connectivity index (χ2v) is 3.50. The van der Waals surface area contributed by atoms with Gasteiger partial charge >= 0.3 is 0 Å². The first-order valence-corrected chi connectivity index (χ1v) is 4.69. The molecule has 1 saturated heterocycles. The topological polar surface area (TPSA) is 67.2 Å². The second kappa shape index (κ2) is 3.79. The number of aromatic nitrogens is 2. The third-order valence-corrected chi connectivity index (χ3v) is 2.46.